The van der Waals surface area contributed by atoms with Crippen LogP contribution in [0, 0.1) is 0 Å². The minimum atomic E-state index is -0.166. The van der Waals surface area contributed by atoms with Crippen LogP contribution in [0.3, 0.4) is 0 Å². The van der Waals surface area contributed by atoms with Crippen LogP contribution in [0.5, 0.6) is 0 Å². The number of pyridine rings is 2. The number of nitrogens with zero attached hydrogens (tertiary/aromatic N) is 3. The molecule has 1 amide bonds. The molecule has 0 aliphatic rings. The van der Waals surface area contributed by atoms with Crippen LogP contribution >= 0.6 is 0 Å². The van der Waals surface area contributed by atoms with Gasteiger partial charge in [-0.15, -0.1) is 0 Å². The Bertz CT molecular complexity index is 1360. The topological polar surface area (TPSA) is 83.0 Å². The Morgan fingerprint density at radius 1 is 1.16 bits per heavy atom. The largest absolute Gasteiger partial charge is 0.346 e. The molecule has 0 atom stereocenters. The fourth-order valence-corrected chi connectivity index (χ4v) is 3.48. The molecule has 4 aromatic rings. The Balaban J connectivity index is 1.63. The van der Waals surface area contributed by atoms with E-state index in [0.29, 0.717) is 6.54 Å². The van der Waals surface area contributed by atoms with E-state index in [1.807, 2.05) is 67.8 Å². The molecule has 7 heteroatoms. The number of carbonyl (C=O) groups is 1. The number of nitrogens with one attached hydrogen (secondary N) is 2. The lowest BCUT2D eigenvalue weighted by Crippen LogP contribution is -2.13. The number of aromatic nitrogens is 3. The van der Waals surface area contributed by atoms with Gasteiger partial charge in [-0.3, -0.25) is 9.59 Å². The number of anilines is 1. The molecule has 0 spiro atoms. The Morgan fingerprint density at radius 3 is 2.78 bits per heavy atom. The summed E-state index contributed by atoms with van der Waals surface area (Å²) in [6.45, 7) is 0.702. The second-order valence-corrected chi connectivity index (χ2v) is 7.92. The SMILES string of the molecule is CN(C)CC=CC(=O)Nc1cccc(-c2cnc3[nH]cc(-c4ccc(=O)n(C)c4)c3c2)c1. The molecule has 7 nitrogen and oxygen atoms in total. The summed E-state index contributed by atoms with van der Waals surface area (Å²) in [4.78, 5) is 33.7. The maximum atomic E-state index is 12.2. The minimum Gasteiger partial charge on any atom is -0.346 e. The van der Waals surface area contributed by atoms with Crippen LogP contribution in [-0.4, -0.2) is 46.0 Å². The van der Waals surface area contributed by atoms with Crippen LogP contribution in [0.15, 0.2) is 78.0 Å². The normalized spacial score (nSPS) is 11.5. The van der Waals surface area contributed by atoms with Crippen molar-refractivity contribution in [3.63, 3.8) is 0 Å². The van der Waals surface area contributed by atoms with E-state index in [-0.39, 0.29) is 11.5 Å². The first-order valence-corrected chi connectivity index (χ1v) is 10.3. The number of amides is 1. The summed E-state index contributed by atoms with van der Waals surface area (Å²) in [5, 5.41) is 3.86. The zero-order chi connectivity index (χ0) is 22.7. The van der Waals surface area contributed by atoms with Gasteiger partial charge in [-0.2, -0.15) is 0 Å². The van der Waals surface area contributed by atoms with Gasteiger partial charge < -0.3 is 19.8 Å². The quantitative estimate of drug-likeness (QED) is 0.460. The van der Waals surface area contributed by atoms with Gasteiger partial charge in [0.1, 0.15) is 5.65 Å². The molecule has 4 rings (SSSR count). The fraction of sp³-hybridized carbons (Fsp3) is 0.160. The van der Waals surface area contributed by atoms with Crippen LogP contribution in [-0.2, 0) is 11.8 Å². The number of rotatable bonds is 6. The summed E-state index contributed by atoms with van der Waals surface area (Å²) >= 11 is 0. The summed E-state index contributed by atoms with van der Waals surface area (Å²) in [6.07, 6.45) is 8.89. The van der Waals surface area contributed by atoms with Crippen LogP contribution < -0.4 is 10.9 Å². The van der Waals surface area contributed by atoms with E-state index < -0.39 is 0 Å². The summed E-state index contributed by atoms with van der Waals surface area (Å²) in [7, 11) is 5.64. The lowest BCUT2D eigenvalue weighted by molar-refractivity contribution is -0.111. The van der Waals surface area contributed by atoms with Crippen molar-refractivity contribution in [3.8, 4) is 22.3 Å². The van der Waals surface area contributed by atoms with Crippen molar-refractivity contribution in [1.29, 1.82) is 0 Å². The van der Waals surface area contributed by atoms with Crippen molar-refractivity contribution in [2.24, 2.45) is 7.05 Å². The molecule has 0 aliphatic heterocycles. The van der Waals surface area contributed by atoms with Gasteiger partial charge in [0.05, 0.1) is 0 Å². The highest BCUT2D eigenvalue weighted by Crippen LogP contribution is 2.31. The van der Waals surface area contributed by atoms with Crippen LogP contribution in [0.4, 0.5) is 5.69 Å². The Hall–Kier alpha value is -3.97. The molecule has 1 aromatic carbocycles. The van der Waals surface area contributed by atoms with Crippen LogP contribution in [0.25, 0.3) is 33.3 Å². The molecular weight excluding hydrogens is 402 g/mol. The molecule has 0 fully saturated rings. The summed E-state index contributed by atoms with van der Waals surface area (Å²) in [5.74, 6) is -0.166. The van der Waals surface area contributed by atoms with Gasteiger partial charge in [0, 0.05) is 72.1 Å². The molecule has 0 aliphatic carbocycles. The number of aromatic amines is 1. The first-order chi connectivity index (χ1) is 15.4. The molecule has 0 bridgehead atoms. The number of hydrogen-bond donors (Lipinski definition) is 2. The van der Waals surface area contributed by atoms with E-state index in [4.69, 9.17) is 0 Å². The second kappa shape index (κ2) is 9.03. The Kier molecular flexibility index (Phi) is 6.00. The van der Waals surface area contributed by atoms with Gasteiger partial charge in [0.15, 0.2) is 0 Å². The number of carbonyl (C=O) groups excluding carboxylic acids is 1. The fourth-order valence-electron chi connectivity index (χ4n) is 3.48. The van der Waals surface area contributed by atoms with E-state index in [0.717, 1.165) is 39.0 Å². The van der Waals surface area contributed by atoms with Gasteiger partial charge in [0.25, 0.3) is 0 Å². The third-order valence-corrected chi connectivity index (χ3v) is 5.13. The summed E-state index contributed by atoms with van der Waals surface area (Å²) < 4.78 is 1.56. The van der Waals surface area contributed by atoms with Crippen molar-refractivity contribution in [3.05, 3.63) is 83.6 Å². The summed E-state index contributed by atoms with van der Waals surface area (Å²) in [6, 6.07) is 13.1. The maximum Gasteiger partial charge on any atom is 0.250 e. The molecule has 0 saturated heterocycles. The molecule has 0 unspecified atom stereocenters. The zero-order valence-electron chi connectivity index (χ0n) is 18.3. The predicted octanol–water partition coefficient (Wildman–Crippen LogP) is 3.65. The highest BCUT2D eigenvalue weighted by molar-refractivity contribution is 6.00. The van der Waals surface area contributed by atoms with E-state index in [9.17, 15) is 9.59 Å². The standard InChI is InChI=1S/C25H25N5O2/c1-29(2)11-5-8-23(31)28-20-7-4-6-17(12-20)19-13-21-22(15-27-25(21)26-14-19)18-9-10-24(32)30(3)16-18/h4-10,12-16H,11H2,1-3H3,(H,26,27)(H,28,31). The Morgan fingerprint density at radius 2 is 2.00 bits per heavy atom. The number of aryl methyl sites for hydroxylation is 1. The monoisotopic (exact) mass is 427 g/mol. The number of benzene rings is 1. The Labute approximate surface area is 186 Å². The minimum absolute atomic E-state index is 0.0529. The molecule has 3 heterocycles. The van der Waals surface area contributed by atoms with Crippen molar-refractivity contribution >= 4 is 22.6 Å². The highest BCUT2D eigenvalue weighted by atomic mass is 16.1. The smallest absolute Gasteiger partial charge is 0.250 e. The molecule has 2 N–H and O–H groups in total. The average molecular weight is 428 g/mol. The molecule has 3 aromatic heterocycles. The molecule has 0 radical (unpaired) electrons. The third-order valence-electron chi connectivity index (χ3n) is 5.13. The van der Waals surface area contributed by atoms with E-state index in [1.54, 1.807) is 30.0 Å². The predicted molar refractivity (Wildman–Crippen MR) is 129 cm³/mol. The van der Waals surface area contributed by atoms with Gasteiger partial charge in [-0.25, -0.2) is 4.98 Å². The first-order valence-electron chi connectivity index (χ1n) is 10.3. The van der Waals surface area contributed by atoms with Gasteiger partial charge in [-0.1, -0.05) is 18.2 Å². The van der Waals surface area contributed by atoms with E-state index >= 15 is 0 Å². The molecule has 162 valence electrons. The van der Waals surface area contributed by atoms with Crippen molar-refractivity contribution in [2.75, 3.05) is 26.0 Å². The number of fused-ring (bicyclic) bond motifs is 1. The molecular formula is C25H25N5O2. The van der Waals surface area contributed by atoms with E-state index in [2.05, 4.69) is 21.4 Å². The highest BCUT2D eigenvalue weighted by Gasteiger charge is 2.10. The second-order valence-electron chi connectivity index (χ2n) is 7.92. The van der Waals surface area contributed by atoms with Gasteiger partial charge in [-0.05, 0) is 43.9 Å². The van der Waals surface area contributed by atoms with Gasteiger partial charge in [0.2, 0.25) is 11.5 Å². The van der Waals surface area contributed by atoms with Crippen molar-refractivity contribution in [1.82, 2.24) is 19.4 Å². The van der Waals surface area contributed by atoms with Crippen molar-refractivity contribution < 1.29 is 4.79 Å². The number of hydrogen-bond acceptors (Lipinski definition) is 4. The average Bonchev–Trinajstić information content (AvgIpc) is 3.19. The van der Waals surface area contributed by atoms with Crippen molar-refractivity contribution in [2.45, 2.75) is 0 Å². The summed E-state index contributed by atoms with van der Waals surface area (Å²) in [5.41, 5.74) is 5.22. The maximum absolute atomic E-state index is 12.2. The molecule has 32 heavy (non-hydrogen) atoms. The third kappa shape index (κ3) is 4.68. The molecule has 0 saturated carbocycles. The number of H-pyrrole nitrogens is 1. The van der Waals surface area contributed by atoms with Crippen LogP contribution in [0.1, 0.15) is 0 Å². The zero-order valence-corrected chi connectivity index (χ0v) is 18.3. The first kappa shape index (κ1) is 21.3. The lowest BCUT2D eigenvalue weighted by atomic mass is 10.0. The number of likely N-dealkylation sites (N-methyl/N-ethyl adjacent to an activating group) is 1. The van der Waals surface area contributed by atoms with Crippen LogP contribution in [0.2, 0.25) is 0 Å². The lowest BCUT2D eigenvalue weighted by Gasteiger charge is -2.08. The van der Waals surface area contributed by atoms with Gasteiger partial charge >= 0.3 is 0 Å². The van der Waals surface area contributed by atoms with E-state index in [1.165, 1.54) is 0 Å².